The van der Waals surface area contributed by atoms with Gasteiger partial charge in [-0.1, -0.05) is 18.2 Å². The smallest absolute Gasteiger partial charge is 0.211 e. The fourth-order valence-corrected chi connectivity index (χ4v) is 1.95. The first-order chi connectivity index (χ1) is 9.69. The maximum atomic E-state index is 6.00. The number of rotatable bonds is 5. The molecule has 0 unspecified atom stereocenters. The summed E-state index contributed by atoms with van der Waals surface area (Å²) in [7, 11) is 3.20. The lowest BCUT2D eigenvalue weighted by Crippen LogP contribution is -2.01. The van der Waals surface area contributed by atoms with Gasteiger partial charge >= 0.3 is 0 Å². The Morgan fingerprint density at radius 1 is 0.950 bits per heavy atom. The fourth-order valence-electron chi connectivity index (χ4n) is 1.95. The van der Waals surface area contributed by atoms with Gasteiger partial charge in [-0.2, -0.15) is 0 Å². The van der Waals surface area contributed by atoms with Crippen LogP contribution in [0.4, 0.5) is 0 Å². The van der Waals surface area contributed by atoms with Gasteiger partial charge in [-0.25, -0.2) is 0 Å². The molecule has 106 valence electrons. The molecule has 4 heteroatoms. The van der Waals surface area contributed by atoms with Crippen molar-refractivity contribution in [3.05, 3.63) is 47.5 Å². The highest BCUT2D eigenvalue weighted by Gasteiger charge is 2.14. The zero-order valence-electron chi connectivity index (χ0n) is 12.0. The third kappa shape index (κ3) is 2.86. The maximum absolute atomic E-state index is 6.00. The Hall–Kier alpha value is -2.20. The Morgan fingerprint density at radius 3 is 2.15 bits per heavy atom. The minimum absolute atomic E-state index is 0.410. The maximum Gasteiger partial charge on any atom is 0.211 e. The standard InChI is InChI=1S/C16H19NO3/c1-11-7-8-12(10-17)15(9-11)20-16-13(18-2)5-4-6-14(16)19-3/h4-9H,10,17H2,1-3H3. The van der Waals surface area contributed by atoms with Crippen LogP contribution in [0.3, 0.4) is 0 Å². The number of hydrogen-bond donors (Lipinski definition) is 1. The molecule has 0 aliphatic carbocycles. The molecule has 2 aromatic carbocycles. The van der Waals surface area contributed by atoms with Gasteiger partial charge in [-0.3, -0.25) is 0 Å². The van der Waals surface area contributed by atoms with Gasteiger partial charge in [-0.15, -0.1) is 0 Å². The lowest BCUT2D eigenvalue weighted by Gasteiger charge is -2.16. The number of benzene rings is 2. The molecule has 20 heavy (non-hydrogen) atoms. The van der Waals surface area contributed by atoms with Crippen LogP contribution < -0.4 is 19.9 Å². The summed E-state index contributed by atoms with van der Waals surface area (Å²) in [4.78, 5) is 0. The van der Waals surface area contributed by atoms with E-state index in [9.17, 15) is 0 Å². The lowest BCUT2D eigenvalue weighted by molar-refractivity contribution is 0.345. The first-order valence-electron chi connectivity index (χ1n) is 6.38. The summed E-state index contributed by atoms with van der Waals surface area (Å²) in [5.41, 5.74) is 7.79. The molecule has 0 atom stereocenters. The van der Waals surface area contributed by atoms with E-state index in [0.29, 0.717) is 23.8 Å². The van der Waals surface area contributed by atoms with E-state index < -0.39 is 0 Å². The molecule has 0 radical (unpaired) electrons. The van der Waals surface area contributed by atoms with E-state index in [1.54, 1.807) is 14.2 Å². The lowest BCUT2D eigenvalue weighted by atomic mass is 10.1. The summed E-state index contributed by atoms with van der Waals surface area (Å²) in [6.45, 7) is 2.42. The third-order valence-corrected chi connectivity index (χ3v) is 3.04. The van der Waals surface area contributed by atoms with Gasteiger partial charge < -0.3 is 19.9 Å². The van der Waals surface area contributed by atoms with E-state index in [1.807, 2.05) is 43.3 Å². The van der Waals surface area contributed by atoms with Crippen molar-refractivity contribution in [1.29, 1.82) is 0 Å². The van der Waals surface area contributed by atoms with E-state index in [2.05, 4.69) is 0 Å². The first kappa shape index (κ1) is 14.2. The summed E-state index contributed by atoms with van der Waals surface area (Å²) in [6.07, 6.45) is 0. The van der Waals surface area contributed by atoms with Crippen LogP contribution in [-0.2, 0) is 6.54 Å². The van der Waals surface area contributed by atoms with E-state index in [1.165, 1.54) is 0 Å². The highest BCUT2D eigenvalue weighted by molar-refractivity contribution is 5.54. The highest BCUT2D eigenvalue weighted by atomic mass is 16.5. The second-order valence-electron chi connectivity index (χ2n) is 4.41. The van der Waals surface area contributed by atoms with E-state index in [0.717, 1.165) is 16.9 Å². The predicted octanol–water partition coefficient (Wildman–Crippen LogP) is 3.26. The largest absolute Gasteiger partial charge is 0.493 e. The summed E-state index contributed by atoms with van der Waals surface area (Å²) in [5, 5.41) is 0. The minimum atomic E-state index is 0.410. The van der Waals surface area contributed by atoms with Gasteiger partial charge in [0.1, 0.15) is 5.75 Å². The van der Waals surface area contributed by atoms with Crippen LogP contribution in [0.2, 0.25) is 0 Å². The van der Waals surface area contributed by atoms with Gasteiger partial charge in [0.2, 0.25) is 5.75 Å². The molecule has 0 amide bonds. The Labute approximate surface area is 119 Å². The van der Waals surface area contributed by atoms with Crippen LogP contribution in [0, 0.1) is 6.92 Å². The molecule has 0 aliphatic rings. The SMILES string of the molecule is COc1cccc(OC)c1Oc1cc(C)ccc1CN. The van der Waals surface area contributed by atoms with Crippen LogP contribution in [0.15, 0.2) is 36.4 Å². The molecule has 0 spiro atoms. The van der Waals surface area contributed by atoms with Gasteiger partial charge in [0.15, 0.2) is 11.5 Å². The summed E-state index contributed by atoms with van der Waals surface area (Å²) in [5.74, 6) is 2.51. The van der Waals surface area contributed by atoms with Crippen molar-refractivity contribution in [3.63, 3.8) is 0 Å². The van der Waals surface area contributed by atoms with Gasteiger partial charge in [0, 0.05) is 12.1 Å². The number of methoxy groups -OCH3 is 2. The fraction of sp³-hybridized carbons (Fsp3) is 0.250. The summed E-state index contributed by atoms with van der Waals surface area (Å²) in [6, 6.07) is 11.4. The number of para-hydroxylation sites is 1. The molecule has 4 nitrogen and oxygen atoms in total. The van der Waals surface area contributed by atoms with Gasteiger partial charge in [0.25, 0.3) is 0 Å². The third-order valence-electron chi connectivity index (χ3n) is 3.04. The predicted molar refractivity (Wildman–Crippen MR) is 78.7 cm³/mol. The molecule has 2 N–H and O–H groups in total. The van der Waals surface area contributed by atoms with Gasteiger partial charge in [-0.05, 0) is 30.7 Å². The van der Waals surface area contributed by atoms with E-state index >= 15 is 0 Å². The Kier molecular flexibility index (Phi) is 4.48. The van der Waals surface area contributed by atoms with Crippen LogP contribution in [0.1, 0.15) is 11.1 Å². The average Bonchev–Trinajstić information content (AvgIpc) is 2.47. The van der Waals surface area contributed by atoms with Gasteiger partial charge in [0.05, 0.1) is 14.2 Å². The average molecular weight is 273 g/mol. The van der Waals surface area contributed by atoms with Crippen molar-refractivity contribution >= 4 is 0 Å². The van der Waals surface area contributed by atoms with Crippen LogP contribution in [-0.4, -0.2) is 14.2 Å². The molecule has 0 aliphatic heterocycles. The summed E-state index contributed by atoms with van der Waals surface area (Å²) >= 11 is 0. The van der Waals surface area contributed by atoms with E-state index in [-0.39, 0.29) is 0 Å². The Morgan fingerprint density at radius 2 is 1.60 bits per heavy atom. The number of nitrogens with two attached hydrogens (primary N) is 1. The van der Waals surface area contributed by atoms with E-state index in [4.69, 9.17) is 19.9 Å². The second-order valence-corrected chi connectivity index (χ2v) is 4.41. The van der Waals surface area contributed by atoms with Crippen molar-refractivity contribution in [2.75, 3.05) is 14.2 Å². The minimum Gasteiger partial charge on any atom is -0.493 e. The zero-order valence-corrected chi connectivity index (χ0v) is 12.0. The van der Waals surface area contributed by atoms with Crippen LogP contribution >= 0.6 is 0 Å². The molecule has 0 saturated heterocycles. The molecule has 2 aromatic rings. The van der Waals surface area contributed by atoms with Crippen molar-refractivity contribution in [2.24, 2.45) is 5.73 Å². The molecular weight excluding hydrogens is 254 g/mol. The first-order valence-corrected chi connectivity index (χ1v) is 6.38. The molecule has 0 aromatic heterocycles. The molecular formula is C16H19NO3. The molecule has 0 saturated carbocycles. The Bertz CT molecular complexity index is 574. The van der Waals surface area contributed by atoms with Crippen LogP contribution in [0.25, 0.3) is 0 Å². The number of ether oxygens (including phenoxy) is 3. The van der Waals surface area contributed by atoms with Crippen molar-refractivity contribution < 1.29 is 14.2 Å². The molecule has 0 heterocycles. The topological polar surface area (TPSA) is 53.7 Å². The van der Waals surface area contributed by atoms with Crippen molar-refractivity contribution in [2.45, 2.75) is 13.5 Å². The zero-order chi connectivity index (χ0) is 14.5. The van der Waals surface area contributed by atoms with Crippen LogP contribution in [0.5, 0.6) is 23.0 Å². The second kappa shape index (κ2) is 6.30. The quantitative estimate of drug-likeness (QED) is 0.908. The molecule has 0 bridgehead atoms. The normalized spacial score (nSPS) is 10.2. The van der Waals surface area contributed by atoms with Crippen molar-refractivity contribution in [1.82, 2.24) is 0 Å². The molecule has 2 rings (SSSR count). The monoisotopic (exact) mass is 273 g/mol. The summed E-state index contributed by atoms with van der Waals surface area (Å²) < 4.78 is 16.7. The Balaban J connectivity index is 2.46. The number of aryl methyl sites for hydroxylation is 1. The number of hydrogen-bond acceptors (Lipinski definition) is 4. The molecule has 0 fully saturated rings. The van der Waals surface area contributed by atoms with Crippen molar-refractivity contribution in [3.8, 4) is 23.0 Å². The highest BCUT2D eigenvalue weighted by Crippen LogP contribution is 2.40.